The van der Waals surface area contributed by atoms with Gasteiger partial charge < -0.3 is 10.1 Å². The van der Waals surface area contributed by atoms with Crippen molar-refractivity contribution in [1.29, 1.82) is 0 Å². The fourth-order valence-electron chi connectivity index (χ4n) is 3.59. The van der Waals surface area contributed by atoms with E-state index in [9.17, 15) is 4.79 Å². The van der Waals surface area contributed by atoms with Gasteiger partial charge >= 0.3 is 6.03 Å². The normalized spacial score (nSPS) is 13.3. The fourth-order valence-corrected chi connectivity index (χ4v) is 3.59. The average Bonchev–Trinajstić information content (AvgIpc) is 3.01. The van der Waals surface area contributed by atoms with Gasteiger partial charge in [0.1, 0.15) is 11.6 Å². The summed E-state index contributed by atoms with van der Waals surface area (Å²) in [5.74, 6) is 2.42. The number of carbonyl (C=O) groups is 1. The number of nitrogens with one attached hydrogen (secondary N) is 1. The molecule has 0 unspecified atom stereocenters. The van der Waals surface area contributed by atoms with Gasteiger partial charge in [-0.2, -0.15) is 5.10 Å². The van der Waals surface area contributed by atoms with Crippen LogP contribution in [0.4, 0.5) is 16.2 Å². The second-order valence-electron chi connectivity index (χ2n) is 7.56. The summed E-state index contributed by atoms with van der Waals surface area (Å²) in [5, 5.41) is 7.64. The van der Waals surface area contributed by atoms with Crippen molar-refractivity contribution in [3.8, 4) is 5.75 Å². The molecular formula is C23H27N5O2. The Morgan fingerprint density at radius 1 is 1.10 bits per heavy atom. The quantitative estimate of drug-likeness (QED) is 0.675. The number of benzene rings is 2. The summed E-state index contributed by atoms with van der Waals surface area (Å²) in [6.07, 6.45) is 4.41. The summed E-state index contributed by atoms with van der Waals surface area (Å²) in [4.78, 5) is 19.6. The summed E-state index contributed by atoms with van der Waals surface area (Å²) >= 11 is 0. The molecule has 3 aromatic rings. The van der Waals surface area contributed by atoms with Crippen LogP contribution in [0.15, 0.2) is 48.5 Å². The lowest BCUT2D eigenvalue weighted by Crippen LogP contribution is -2.35. The molecule has 156 valence electrons. The highest BCUT2D eigenvalue weighted by Crippen LogP contribution is 2.21. The van der Waals surface area contributed by atoms with Gasteiger partial charge in [0.2, 0.25) is 0 Å². The molecule has 0 radical (unpaired) electrons. The smallest absolute Gasteiger partial charge is 0.326 e. The van der Waals surface area contributed by atoms with E-state index in [0.717, 1.165) is 48.6 Å². The SMILES string of the molecule is COc1ccc(NC(=O)N(Cc2nc3n(n2)CCCCC3)c2ccc(C)cc2)cc1. The molecule has 2 aromatic carbocycles. The van der Waals surface area contributed by atoms with Gasteiger partial charge in [0, 0.05) is 24.3 Å². The van der Waals surface area contributed by atoms with Crippen LogP contribution in [0.25, 0.3) is 0 Å². The Kier molecular flexibility index (Phi) is 5.97. The van der Waals surface area contributed by atoms with Crippen LogP contribution in [0, 0.1) is 6.92 Å². The average molecular weight is 406 g/mol. The highest BCUT2D eigenvalue weighted by Gasteiger charge is 2.21. The molecule has 0 saturated heterocycles. The maximum Gasteiger partial charge on any atom is 0.326 e. The van der Waals surface area contributed by atoms with Crippen molar-refractivity contribution in [2.24, 2.45) is 0 Å². The van der Waals surface area contributed by atoms with Crippen molar-refractivity contribution in [3.05, 3.63) is 65.7 Å². The summed E-state index contributed by atoms with van der Waals surface area (Å²) < 4.78 is 7.18. The van der Waals surface area contributed by atoms with Crippen LogP contribution < -0.4 is 15.0 Å². The van der Waals surface area contributed by atoms with E-state index in [0.29, 0.717) is 18.1 Å². The number of ether oxygens (including phenoxy) is 1. The molecule has 1 N–H and O–H groups in total. The van der Waals surface area contributed by atoms with Crippen molar-refractivity contribution in [2.45, 2.75) is 45.7 Å². The van der Waals surface area contributed by atoms with Gasteiger partial charge in [0.25, 0.3) is 0 Å². The Balaban J connectivity index is 1.57. The number of anilines is 2. The van der Waals surface area contributed by atoms with Crippen molar-refractivity contribution in [1.82, 2.24) is 14.8 Å². The fraction of sp³-hybridized carbons (Fsp3) is 0.348. The van der Waals surface area contributed by atoms with Crippen LogP contribution in [0.3, 0.4) is 0 Å². The second-order valence-corrected chi connectivity index (χ2v) is 7.56. The molecule has 30 heavy (non-hydrogen) atoms. The molecule has 2 amide bonds. The summed E-state index contributed by atoms with van der Waals surface area (Å²) in [6, 6.07) is 14.9. The number of nitrogens with zero attached hydrogens (tertiary/aromatic N) is 4. The maximum absolute atomic E-state index is 13.2. The molecule has 0 saturated carbocycles. The van der Waals surface area contributed by atoms with E-state index in [-0.39, 0.29) is 6.03 Å². The zero-order chi connectivity index (χ0) is 20.9. The lowest BCUT2D eigenvalue weighted by molar-refractivity contribution is 0.256. The first-order valence-corrected chi connectivity index (χ1v) is 10.3. The number of rotatable bonds is 5. The third-order valence-electron chi connectivity index (χ3n) is 5.29. The van der Waals surface area contributed by atoms with Gasteiger partial charge in [0.05, 0.1) is 13.7 Å². The summed E-state index contributed by atoms with van der Waals surface area (Å²) in [5.41, 5.74) is 2.64. The van der Waals surface area contributed by atoms with Crippen LogP contribution in [-0.4, -0.2) is 27.9 Å². The lowest BCUT2D eigenvalue weighted by atomic mass is 10.2. The van der Waals surface area contributed by atoms with Crippen LogP contribution in [0.5, 0.6) is 5.75 Å². The zero-order valence-electron chi connectivity index (χ0n) is 17.5. The largest absolute Gasteiger partial charge is 0.497 e. The number of urea groups is 1. The number of carbonyl (C=O) groups excluding carboxylic acids is 1. The number of aryl methyl sites for hydroxylation is 3. The second kappa shape index (κ2) is 8.98. The number of amides is 2. The highest BCUT2D eigenvalue weighted by molar-refractivity contribution is 6.01. The van der Waals surface area contributed by atoms with E-state index < -0.39 is 0 Å². The number of hydrogen-bond donors (Lipinski definition) is 1. The van der Waals surface area contributed by atoms with Gasteiger partial charge in [-0.15, -0.1) is 0 Å². The number of fused-ring (bicyclic) bond motifs is 1. The van der Waals surface area contributed by atoms with E-state index >= 15 is 0 Å². The van der Waals surface area contributed by atoms with Crippen LogP contribution in [-0.2, 0) is 19.5 Å². The standard InChI is InChI=1S/C23H27N5O2/c1-17-7-11-19(12-8-17)27(23(29)24-18-9-13-20(30-2)14-10-18)16-21-25-22-6-4-3-5-15-28(22)26-21/h7-14H,3-6,15-16H2,1-2H3,(H,24,29). The Bertz CT molecular complexity index is 972. The number of aromatic nitrogens is 3. The van der Waals surface area contributed by atoms with Crippen molar-refractivity contribution in [2.75, 3.05) is 17.3 Å². The Morgan fingerprint density at radius 2 is 1.87 bits per heavy atom. The third-order valence-corrected chi connectivity index (χ3v) is 5.29. The molecule has 4 rings (SSSR count). The topological polar surface area (TPSA) is 72.3 Å². The zero-order valence-corrected chi connectivity index (χ0v) is 17.5. The first-order chi connectivity index (χ1) is 14.6. The minimum absolute atomic E-state index is 0.228. The van der Waals surface area contributed by atoms with Gasteiger partial charge in [-0.3, -0.25) is 4.90 Å². The molecule has 1 aromatic heterocycles. The van der Waals surface area contributed by atoms with Crippen molar-refractivity contribution < 1.29 is 9.53 Å². The van der Waals surface area contributed by atoms with E-state index in [1.807, 2.05) is 60.1 Å². The molecule has 7 heteroatoms. The van der Waals surface area contributed by atoms with Crippen LogP contribution in [0.1, 0.15) is 36.5 Å². The Morgan fingerprint density at radius 3 is 2.60 bits per heavy atom. The number of hydrogen-bond acceptors (Lipinski definition) is 4. The lowest BCUT2D eigenvalue weighted by Gasteiger charge is -2.22. The third kappa shape index (κ3) is 4.62. The van der Waals surface area contributed by atoms with Gasteiger partial charge in [-0.05, 0) is 56.2 Å². The predicted octanol–water partition coefficient (Wildman–Crippen LogP) is 4.56. The van der Waals surface area contributed by atoms with Gasteiger partial charge in [0.15, 0.2) is 5.82 Å². The molecule has 0 atom stereocenters. The molecule has 0 bridgehead atoms. The molecule has 7 nitrogen and oxygen atoms in total. The van der Waals surface area contributed by atoms with Crippen molar-refractivity contribution in [3.63, 3.8) is 0 Å². The van der Waals surface area contributed by atoms with Crippen molar-refractivity contribution >= 4 is 17.4 Å². The van der Waals surface area contributed by atoms with Crippen LogP contribution >= 0.6 is 0 Å². The summed E-state index contributed by atoms with van der Waals surface area (Å²) in [6.45, 7) is 3.23. The molecule has 0 aliphatic carbocycles. The first-order valence-electron chi connectivity index (χ1n) is 10.3. The van der Waals surface area contributed by atoms with E-state index in [1.165, 1.54) is 6.42 Å². The minimum atomic E-state index is -0.228. The van der Waals surface area contributed by atoms with E-state index in [1.54, 1.807) is 12.0 Å². The Labute approximate surface area is 176 Å². The maximum atomic E-state index is 13.2. The Hall–Kier alpha value is -3.35. The van der Waals surface area contributed by atoms with Gasteiger partial charge in [-0.25, -0.2) is 14.5 Å². The summed E-state index contributed by atoms with van der Waals surface area (Å²) in [7, 11) is 1.62. The highest BCUT2D eigenvalue weighted by atomic mass is 16.5. The predicted molar refractivity (Wildman–Crippen MR) is 117 cm³/mol. The minimum Gasteiger partial charge on any atom is -0.497 e. The van der Waals surface area contributed by atoms with Crippen LogP contribution in [0.2, 0.25) is 0 Å². The first kappa shape index (κ1) is 19.9. The van der Waals surface area contributed by atoms with E-state index in [2.05, 4.69) is 10.4 Å². The molecule has 2 heterocycles. The molecule has 1 aliphatic rings. The molecular weight excluding hydrogens is 378 g/mol. The monoisotopic (exact) mass is 405 g/mol. The van der Waals surface area contributed by atoms with E-state index in [4.69, 9.17) is 9.72 Å². The van der Waals surface area contributed by atoms with Gasteiger partial charge in [-0.1, -0.05) is 24.1 Å². The number of methoxy groups -OCH3 is 1. The molecule has 1 aliphatic heterocycles. The molecule has 0 spiro atoms. The molecule has 0 fully saturated rings.